The van der Waals surface area contributed by atoms with Crippen molar-refractivity contribution < 1.29 is 17.6 Å². The van der Waals surface area contributed by atoms with Crippen LogP contribution >= 0.6 is 22.9 Å². The third-order valence-electron chi connectivity index (χ3n) is 3.65. The van der Waals surface area contributed by atoms with Gasteiger partial charge in [0, 0.05) is 13.5 Å². The van der Waals surface area contributed by atoms with E-state index in [-0.39, 0.29) is 11.5 Å². The Labute approximate surface area is 154 Å². The summed E-state index contributed by atoms with van der Waals surface area (Å²) in [4.78, 5) is 4.26. The zero-order chi connectivity index (χ0) is 18.0. The van der Waals surface area contributed by atoms with Crippen LogP contribution in [0.5, 0.6) is 0 Å². The lowest BCUT2D eigenvalue weighted by Crippen LogP contribution is -2.31. The molecule has 0 aliphatic carbocycles. The number of aromatic nitrogens is 1. The Morgan fingerprint density at radius 1 is 1.36 bits per heavy atom. The lowest BCUT2D eigenvalue weighted by atomic mass is 10.2. The number of hydrogen-bond donors (Lipinski definition) is 1. The number of fused-ring (bicyclic) bond motifs is 1. The highest BCUT2D eigenvalue weighted by molar-refractivity contribution is 7.89. The van der Waals surface area contributed by atoms with Gasteiger partial charge in [-0.2, -0.15) is 4.72 Å². The number of sulfonamides is 1. The molecule has 134 valence electrons. The van der Waals surface area contributed by atoms with E-state index < -0.39 is 16.1 Å². The second-order valence-corrected chi connectivity index (χ2v) is 8.71. The van der Waals surface area contributed by atoms with E-state index in [1.54, 1.807) is 18.2 Å². The molecular formula is C16H17ClN2O4S2. The largest absolute Gasteiger partial charge is 0.464 e. The molecule has 9 heteroatoms. The van der Waals surface area contributed by atoms with Gasteiger partial charge in [0.1, 0.15) is 17.6 Å². The number of furan rings is 1. The van der Waals surface area contributed by atoms with Gasteiger partial charge in [-0.15, -0.1) is 11.3 Å². The zero-order valence-electron chi connectivity index (χ0n) is 13.7. The highest BCUT2D eigenvalue weighted by Gasteiger charge is 2.24. The zero-order valence-corrected chi connectivity index (χ0v) is 16.0. The Kier molecular flexibility index (Phi) is 5.45. The molecule has 0 saturated heterocycles. The van der Waals surface area contributed by atoms with Crippen LogP contribution in [0.1, 0.15) is 24.5 Å². The predicted octanol–water partition coefficient (Wildman–Crippen LogP) is 3.77. The van der Waals surface area contributed by atoms with Crippen LogP contribution in [0.2, 0.25) is 4.47 Å². The maximum atomic E-state index is 12.8. The Bertz CT molecular complexity index is 981. The van der Waals surface area contributed by atoms with Crippen molar-refractivity contribution >= 4 is 43.2 Å². The van der Waals surface area contributed by atoms with Crippen molar-refractivity contribution in [2.45, 2.75) is 24.3 Å². The van der Waals surface area contributed by atoms with E-state index in [1.165, 1.54) is 24.5 Å². The first-order valence-corrected chi connectivity index (χ1v) is 10.3. The molecule has 0 fully saturated rings. The highest BCUT2D eigenvalue weighted by Crippen LogP contribution is 2.28. The standard InChI is InChI=1S/C16H17ClN2O4S2/c1-3-10-4-7-14(23-10)13(9-22-2)19-25(20,21)11-5-6-12-15(8-11)24-16(17)18-12/h4-8,13,19H,3,9H2,1-2H3. The number of ether oxygens (including phenoxy) is 1. The fourth-order valence-corrected chi connectivity index (χ4v) is 4.77. The van der Waals surface area contributed by atoms with Gasteiger partial charge in [0.15, 0.2) is 4.47 Å². The van der Waals surface area contributed by atoms with E-state index in [2.05, 4.69) is 9.71 Å². The average molecular weight is 401 g/mol. The fraction of sp³-hybridized carbons (Fsp3) is 0.312. The highest BCUT2D eigenvalue weighted by atomic mass is 35.5. The summed E-state index contributed by atoms with van der Waals surface area (Å²) in [6.45, 7) is 2.12. The van der Waals surface area contributed by atoms with Crippen molar-refractivity contribution in [1.29, 1.82) is 0 Å². The van der Waals surface area contributed by atoms with Gasteiger partial charge in [0.2, 0.25) is 10.0 Å². The normalized spacial score (nSPS) is 13.4. The summed E-state index contributed by atoms with van der Waals surface area (Å²) in [5.41, 5.74) is 0.668. The predicted molar refractivity (Wildman–Crippen MR) is 97.7 cm³/mol. The van der Waals surface area contributed by atoms with Gasteiger partial charge in [0.05, 0.1) is 21.7 Å². The van der Waals surface area contributed by atoms with Crippen LogP contribution < -0.4 is 4.72 Å². The molecule has 2 aromatic heterocycles. The Morgan fingerprint density at radius 3 is 2.84 bits per heavy atom. The number of nitrogens with one attached hydrogen (secondary N) is 1. The first-order chi connectivity index (χ1) is 11.9. The van der Waals surface area contributed by atoms with E-state index >= 15 is 0 Å². The third kappa shape index (κ3) is 4.04. The molecule has 0 amide bonds. The molecule has 0 saturated carbocycles. The molecule has 1 N–H and O–H groups in total. The summed E-state index contributed by atoms with van der Waals surface area (Å²) in [6, 6.07) is 7.68. The van der Waals surface area contributed by atoms with Crippen molar-refractivity contribution in [2.75, 3.05) is 13.7 Å². The number of benzene rings is 1. The van der Waals surface area contributed by atoms with Crippen molar-refractivity contribution in [3.05, 3.63) is 46.3 Å². The van der Waals surface area contributed by atoms with Crippen molar-refractivity contribution in [3.63, 3.8) is 0 Å². The van der Waals surface area contributed by atoms with E-state index in [9.17, 15) is 8.42 Å². The minimum Gasteiger partial charge on any atom is -0.464 e. The SMILES string of the molecule is CCc1ccc(C(COC)NS(=O)(=O)c2ccc3nc(Cl)sc3c2)o1. The second kappa shape index (κ2) is 7.43. The van der Waals surface area contributed by atoms with Crippen LogP contribution in [0, 0.1) is 0 Å². The van der Waals surface area contributed by atoms with E-state index in [4.69, 9.17) is 20.8 Å². The fourth-order valence-electron chi connectivity index (χ4n) is 2.41. The quantitative estimate of drug-likeness (QED) is 0.652. The molecule has 0 spiro atoms. The van der Waals surface area contributed by atoms with Crippen LogP contribution in [-0.2, 0) is 21.2 Å². The first kappa shape index (κ1) is 18.3. The molecule has 0 aliphatic rings. The smallest absolute Gasteiger partial charge is 0.241 e. The molecule has 0 radical (unpaired) electrons. The van der Waals surface area contributed by atoms with Gasteiger partial charge < -0.3 is 9.15 Å². The van der Waals surface area contributed by atoms with Crippen molar-refractivity contribution in [2.24, 2.45) is 0 Å². The van der Waals surface area contributed by atoms with Gasteiger partial charge in [-0.05, 0) is 30.3 Å². The summed E-state index contributed by atoms with van der Waals surface area (Å²) >= 11 is 7.12. The topological polar surface area (TPSA) is 81.4 Å². The summed E-state index contributed by atoms with van der Waals surface area (Å²) in [5.74, 6) is 1.31. The third-order valence-corrected chi connectivity index (χ3v) is 6.24. The second-order valence-electron chi connectivity index (χ2n) is 5.38. The molecule has 3 rings (SSSR count). The minimum atomic E-state index is -3.76. The van der Waals surface area contributed by atoms with Gasteiger partial charge in [-0.1, -0.05) is 18.5 Å². The number of rotatable bonds is 7. The van der Waals surface area contributed by atoms with Crippen LogP contribution in [0.25, 0.3) is 10.2 Å². The van der Waals surface area contributed by atoms with E-state index in [0.717, 1.165) is 12.2 Å². The minimum absolute atomic E-state index is 0.142. The molecule has 1 aromatic carbocycles. The monoisotopic (exact) mass is 400 g/mol. The number of hydrogen-bond acceptors (Lipinski definition) is 6. The maximum Gasteiger partial charge on any atom is 0.241 e. The summed E-state index contributed by atoms with van der Waals surface area (Å²) in [7, 11) is -2.25. The summed E-state index contributed by atoms with van der Waals surface area (Å²) < 4.78 is 40.1. The Balaban J connectivity index is 1.90. The van der Waals surface area contributed by atoms with Crippen LogP contribution in [0.15, 0.2) is 39.6 Å². The van der Waals surface area contributed by atoms with Crippen molar-refractivity contribution in [3.8, 4) is 0 Å². The van der Waals surface area contributed by atoms with Crippen LogP contribution in [0.3, 0.4) is 0 Å². The number of methoxy groups -OCH3 is 1. The van der Waals surface area contributed by atoms with Gasteiger partial charge in [-0.25, -0.2) is 13.4 Å². The molecule has 3 aromatic rings. The molecule has 1 atom stereocenters. The van der Waals surface area contributed by atoms with Gasteiger partial charge >= 0.3 is 0 Å². The number of aryl methyl sites for hydroxylation is 1. The van der Waals surface area contributed by atoms with Gasteiger partial charge in [-0.3, -0.25) is 0 Å². The summed E-state index contributed by atoms with van der Waals surface area (Å²) in [6.07, 6.45) is 0.731. The van der Waals surface area contributed by atoms with Gasteiger partial charge in [0.25, 0.3) is 0 Å². The molecule has 6 nitrogen and oxygen atoms in total. The molecule has 2 heterocycles. The lowest BCUT2D eigenvalue weighted by Gasteiger charge is -2.16. The lowest BCUT2D eigenvalue weighted by molar-refractivity contribution is 0.166. The molecular weight excluding hydrogens is 384 g/mol. The average Bonchev–Trinajstić information content (AvgIpc) is 3.18. The molecule has 1 unspecified atom stereocenters. The van der Waals surface area contributed by atoms with Crippen LogP contribution in [0.4, 0.5) is 0 Å². The maximum absolute atomic E-state index is 12.8. The number of thiazole rings is 1. The van der Waals surface area contributed by atoms with E-state index in [1.807, 2.05) is 13.0 Å². The van der Waals surface area contributed by atoms with Crippen LogP contribution in [-0.4, -0.2) is 27.1 Å². The molecule has 0 bridgehead atoms. The van der Waals surface area contributed by atoms with E-state index in [0.29, 0.717) is 20.4 Å². The summed E-state index contributed by atoms with van der Waals surface area (Å²) in [5, 5.41) is 0. The first-order valence-electron chi connectivity index (χ1n) is 7.59. The number of nitrogens with zero attached hydrogens (tertiary/aromatic N) is 1. The molecule has 25 heavy (non-hydrogen) atoms. The number of halogens is 1. The Hall–Kier alpha value is -1.45. The Morgan fingerprint density at radius 2 is 2.16 bits per heavy atom. The van der Waals surface area contributed by atoms with Crippen molar-refractivity contribution in [1.82, 2.24) is 9.71 Å². The molecule has 0 aliphatic heterocycles.